The van der Waals surface area contributed by atoms with Crippen molar-refractivity contribution in [2.45, 2.75) is 25.7 Å². The molecule has 0 spiro atoms. The van der Waals surface area contributed by atoms with Gasteiger partial charge in [-0.3, -0.25) is 4.79 Å². The average molecular weight is 222 g/mol. The Labute approximate surface area is 94.4 Å². The maximum Gasteiger partial charge on any atom is 0.165 e. The quantitative estimate of drug-likeness (QED) is 0.783. The van der Waals surface area contributed by atoms with Crippen LogP contribution in [0.25, 0.3) is 0 Å². The molecule has 0 atom stereocenters. The van der Waals surface area contributed by atoms with Crippen molar-refractivity contribution in [1.82, 2.24) is 0 Å². The van der Waals surface area contributed by atoms with E-state index in [9.17, 15) is 9.18 Å². The summed E-state index contributed by atoms with van der Waals surface area (Å²) in [5.41, 5.74) is 0.732. The van der Waals surface area contributed by atoms with Gasteiger partial charge in [-0.25, -0.2) is 4.39 Å². The van der Waals surface area contributed by atoms with Crippen molar-refractivity contribution in [2.24, 2.45) is 5.92 Å². The maximum atomic E-state index is 13.4. The van der Waals surface area contributed by atoms with Crippen molar-refractivity contribution < 1.29 is 13.9 Å². The number of ether oxygens (including phenoxy) is 1. The Hall–Kier alpha value is -1.38. The van der Waals surface area contributed by atoms with Gasteiger partial charge in [-0.15, -0.1) is 0 Å². The monoisotopic (exact) mass is 222 g/mol. The summed E-state index contributed by atoms with van der Waals surface area (Å²) in [5.74, 6) is 0.266. The van der Waals surface area contributed by atoms with E-state index in [4.69, 9.17) is 4.74 Å². The number of Topliss-reactive ketones (excluding diaryl/α,β-unsaturated/α-hetero) is 1. The van der Waals surface area contributed by atoms with E-state index >= 15 is 0 Å². The normalized spacial score (nSPS) is 15.6. The lowest BCUT2D eigenvalue weighted by Crippen LogP contribution is -2.23. The van der Waals surface area contributed by atoms with Gasteiger partial charge in [-0.2, -0.15) is 0 Å². The standard InChI is InChI=1S/C13H15FO2/c1-16-13-6-5-9(7-11(13)14)8-12(15)10-3-2-4-10/h5-7,10H,2-4,8H2,1H3. The number of hydrogen-bond donors (Lipinski definition) is 0. The first-order valence-corrected chi connectivity index (χ1v) is 5.56. The summed E-state index contributed by atoms with van der Waals surface area (Å²) in [6.07, 6.45) is 3.48. The molecule has 1 aliphatic carbocycles. The van der Waals surface area contributed by atoms with Crippen LogP contribution < -0.4 is 4.74 Å². The van der Waals surface area contributed by atoms with Crippen LogP contribution in [0.5, 0.6) is 5.75 Å². The Morgan fingerprint density at radius 2 is 2.25 bits per heavy atom. The van der Waals surface area contributed by atoms with Crippen LogP contribution in [0.15, 0.2) is 18.2 Å². The van der Waals surface area contributed by atoms with E-state index in [0.29, 0.717) is 6.42 Å². The second-order valence-electron chi connectivity index (χ2n) is 4.24. The van der Waals surface area contributed by atoms with Crippen LogP contribution in [0.1, 0.15) is 24.8 Å². The highest BCUT2D eigenvalue weighted by Crippen LogP contribution is 2.28. The molecule has 0 aliphatic heterocycles. The van der Waals surface area contributed by atoms with Gasteiger partial charge in [0, 0.05) is 12.3 Å². The fraction of sp³-hybridized carbons (Fsp3) is 0.462. The second kappa shape index (κ2) is 4.64. The minimum atomic E-state index is -0.401. The number of rotatable bonds is 4. The highest BCUT2D eigenvalue weighted by atomic mass is 19.1. The molecule has 1 aliphatic rings. The molecule has 16 heavy (non-hydrogen) atoms. The molecule has 1 aromatic carbocycles. The zero-order chi connectivity index (χ0) is 11.5. The summed E-state index contributed by atoms with van der Waals surface area (Å²) in [7, 11) is 1.43. The van der Waals surface area contributed by atoms with Gasteiger partial charge in [0.15, 0.2) is 11.6 Å². The third kappa shape index (κ3) is 2.23. The van der Waals surface area contributed by atoms with E-state index in [1.165, 1.54) is 13.2 Å². The molecular formula is C13H15FO2. The minimum Gasteiger partial charge on any atom is -0.494 e. The van der Waals surface area contributed by atoms with Crippen molar-refractivity contribution in [2.75, 3.05) is 7.11 Å². The molecule has 0 heterocycles. The molecular weight excluding hydrogens is 207 g/mol. The van der Waals surface area contributed by atoms with Gasteiger partial charge in [-0.1, -0.05) is 12.5 Å². The van der Waals surface area contributed by atoms with Gasteiger partial charge in [0.2, 0.25) is 0 Å². The lowest BCUT2D eigenvalue weighted by Gasteiger charge is -2.23. The predicted molar refractivity (Wildman–Crippen MR) is 59.0 cm³/mol. The molecule has 1 aromatic rings. The predicted octanol–water partition coefficient (Wildman–Crippen LogP) is 2.75. The Kier molecular flexibility index (Phi) is 3.22. The molecule has 0 amide bonds. The Morgan fingerprint density at radius 3 is 2.75 bits per heavy atom. The highest BCUT2D eigenvalue weighted by Gasteiger charge is 2.25. The van der Waals surface area contributed by atoms with Crippen molar-refractivity contribution in [1.29, 1.82) is 0 Å². The van der Waals surface area contributed by atoms with Crippen molar-refractivity contribution in [3.8, 4) is 5.75 Å². The molecule has 2 nitrogen and oxygen atoms in total. The Morgan fingerprint density at radius 1 is 1.50 bits per heavy atom. The molecule has 0 bridgehead atoms. The van der Waals surface area contributed by atoms with Crippen LogP contribution in [0.2, 0.25) is 0 Å². The van der Waals surface area contributed by atoms with Gasteiger partial charge in [0.25, 0.3) is 0 Å². The molecule has 86 valence electrons. The number of methoxy groups -OCH3 is 1. The van der Waals surface area contributed by atoms with Crippen molar-refractivity contribution in [3.63, 3.8) is 0 Å². The zero-order valence-electron chi connectivity index (χ0n) is 9.33. The van der Waals surface area contributed by atoms with E-state index in [1.54, 1.807) is 12.1 Å². The second-order valence-corrected chi connectivity index (χ2v) is 4.24. The number of carbonyl (C=O) groups excluding carboxylic acids is 1. The molecule has 2 rings (SSSR count). The Bertz CT molecular complexity index is 397. The van der Waals surface area contributed by atoms with Gasteiger partial charge in [0.1, 0.15) is 5.78 Å². The Balaban J connectivity index is 2.03. The fourth-order valence-electron chi connectivity index (χ4n) is 1.90. The number of benzene rings is 1. The third-order valence-electron chi connectivity index (χ3n) is 3.16. The summed E-state index contributed by atoms with van der Waals surface area (Å²) in [5, 5.41) is 0. The van der Waals surface area contributed by atoms with Crippen molar-refractivity contribution in [3.05, 3.63) is 29.6 Å². The maximum absolute atomic E-state index is 13.4. The lowest BCUT2D eigenvalue weighted by atomic mass is 9.80. The highest BCUT2D eigenvalue weighted by molar-refractivity contribution is 5.83. The number of hydrogen-bond acceptors (Lipinski definition) is 2. The molecule has 1 saturated carbocycles. The van der Waals surface area contributed by atoms with Crippen LogP contribution >= 0.6 is 0 Å². The molecule has 0 saturated heterocycles. The molecule has 0 aromatic heterocycles. The van der Waals surface area contributed by atoms with Crippen LogP contribution in [0.3, 0.4) is 0 Å². The van der Waals surface area contributed by atoms with E-state index < -0.39 is 5.82 Å². The number of ketones is 1. The first kappa shape index (κ1) is 11.1. The van der Waals surface area contributed by atoms with Gasteiger partial charge in [0.05, 0.1) is 7.11 Å². The van der Waals surface area contributed by atoms with Crippen LogP contribution in [0.4, 0.5) is 4.39 Å². The summed E-state index contributed by atoms with van der Waals surface area (Å²) in [6, 6.07) is 4.70. The van der Waals surface area contributed by atoms with E-state index in [2.05, 4.69) is 0 Å². The zero-order valence-corrected chi connectivity index (χ0v) is 9.33. The summed E-state index contributed by atoms with van der Waals surface area (Å²) in [6.45, 7) is 0. The smallest absolute Gasteiger partial charge is 0.165 e. The summed E-state index contributed by atoms with van der Waals surface area (Å²) < 4.78 is 18.2. The molecule has 0 N–H and O–H groups in total. The van der Waals surface area contributed by atoms with E-state index in [-0.39, 0.29) is 17.5 Å². The summed E-state index contributed by atoms with van der Waals surface area (Å²) in [4.78, 5) is 11.7. The van der Waals surface area contributed by atoms with E-state index in [1.807, 2.05) is 0 Å². The topological polar surface area (TPSA) is 26.3 Å². The van der Waals surface area contributed by atoms with Gasteiger partial charge < -0.3 is 4.74 Å². The van der Waals surface area contributed by atoms with Gasteiger partial charge >= 0.3 is 0 Å². The summed E-state index contributed by atoms with van der Waals surface area (Å²) >= 11 is 0. The first-order valence-electron chi connectivity index (χ1n) is 5.56. The minimum absolute atomic E-state index is 0.213. The third-order valence-corrected chi connectivity index (χ3v) is 3.16. The van der Waals surface area contributed by atoms with Crippen LogP contribution in [-0.2, 0) is 11.2 Å². The fourth-order valence-corrected chi connectivity index (χ4v) is 1.90. The van der Waals surface area contributed by atoms with Gasteiger partial charge in [-0.05, 0) is 30.5 Å². The molecule has 3 heteroatoms. The average Bonchev–Trinajstić information content (AvgIpc) is 2.15. The largest absolute Gasteiger partial charge is 0.494 e. The lowest BCUT2D eigenvalue weighted by molar-refractivity contribution is -0.124. The van der Waals surface area contributed by atoms with Crippen LogP contribution in [0, 0.1) is 11.7 Å². The van der Waals surface area contributed by atoms with E-state index in [0.717, 1.165) is 24.8 Å². The molecule has 0 radical (unpaired) electrons. The number of halogens is 1. The van der Waals surface area contributed by atoms with Crippen LogP contribution in [-0.4, -0.2) is 12.9 Å². The molecule has 1 fully saturated rings. The number of carbonyl (C=O) groups is 1. The SMILES string of the molecule is COc1ccc(CC(=O)C2CCC2)cc1F. The first-order chi connectivity index (χ1) is 7.70. The van der Waals surface area contributed by atoms with Crippen molar-refractivity contribution >= 4 is 5.78 Å². The molecule has 0 unspecified atom stereocenters.